The molecule has 6 rings (SSSR count). The van der Waals surface area contributed by atoms with Gasteiger partial charge in [0, 0.05) is 23.7 Å². The molecule has 0 radical (unpaired) electrons. The lowest BCUT2D eigenvalue weighted by Crippen LogP contribution is -2.46. The van der Waals surface area contributed by atoms with Gasteiger partial charge >= 0.3 is 5.97 Å². The Morgan fingerprint density at radius 2 is 1.82 bits per heavy atom. The molecule has 0 aromatic heterocycles. The number of carbonyl (C=O) groups excluding carboxylic acids is 1. The summed E-state index contributed by atoms with van der Waals surface area (Å²) in [6.45, 7) is 4.29. The molecule has 6 nitrogen and oxygen atoms in total. The fourth-order valence-electron chi connectivity index (χ4n) is 7.97. The van der Waals surface area contributed by atoms with E-state index < -0.39 is 12.1 Å². The van der Waals surface area contributed by atoms with Crippen molar-refractivity contribution in [2.75, 3.05) is 7.11 Å². The number of phenols is 1. The molecular formula is C34H39NO5. The number of benzene rings is 3. The van der Waals surface area contributed by atoms with E-state index in [0.29, 0.717) is 34.6 Å². The molecule has 3 N–H and O–H groups in total. The van der Waals surface area contributed by atoms with Gasteiger partial charge in [0.15, 0.2) is 0 Å². The van der Waals surface area contributed by atoms with Crippen LogP contribution in [-0.4, -0.2) is 35.4 Å². The number of phenolic OH excluding ortho intramolecular Hbond substituents is 1. The fourth-order valence-corrected chi connectivity index (χ4v) is 7.97. The summed E-state index contributed by atoms with van der Waals surface area (Å²) in [6.07, 6.45) is 4.77. The Balaban J connectivity index is 1.15. The second-order valence-corrected chi connectivity index (χ2v) is 12.2. The number of hydrogen-bond donors (Lipinski definition) is 3. The Bertz CT molecular complexity index is 1390. The summed E-state index contributed by atoms with van der Waals surface area (Å²) < 4.78 is 10.9. The van der Waals surface area contributed by atoms with Gasteiger partial charge in [0.2, 0.25) is 0 Å². The average Bonchev–Trinajstić information content (AvgIpc) is 3.22. The first-order chi connectivity index (χ1) is 19.3. The van der Waals surface area contributed by atoms with Crippen molar-refractivity contribution in [3.05, 3.63) is 89.0 Å². The van der Waals surface area contributed by atoms with Gasteiger partial charge in [-0.15, -0.1) is 0 Å². The molecule has 0 aliphatic heterocycles. The van der Waals surface area contributed by atoms with Crippen LogP contribution >= 0.6 is 0 Å². The van der Waals surface area contributed by atoms with Crippen LogP contribution in [0.3, 0.4) is 0 Å². The van der Waals surface area contributed by atoms with E-state index in [1.54, 1.807) is 43.5 Å². The molecule has 0 amide bonds. The topological polar surface area (TPSA) is 88.0 Å². The first-order valence-electron chi connectivity index (χ1n) is 14.5. The maximum atomic E-state index is 12.4. The van der Waals surface area contributed by atoms with Crippen LogP contribution in [-0.2, 0) is 6.42 Å². The normalized spacial score (nSPS) is 29.6. The van der Waals surface area contributed by atoms with Crippen molar-refractivity contribution < 1.29 is 24.5 Å². The van der Waals surface area contributed by atoms with E-state index in [1.807, 2.05) is 13.0 Å². The molecule has 3 aromatic carbocycles. The van der Waals surface area contributed by atoms with Crippen LogP contribution in [0.15, 0.2) is 66.7 Å². The Hall–Kier alpha value is -3.35. The van der Waals surface area contributed by atoms with Gasteiger partial charge < -0.3 is 25.0 Å². The summed E-state index contributed by atoms with van der Waals surface area (Å²) in [5.41, 5.74) is 3.93. The Morgan fingerprint density at radius 3 is 2.58 bits per heavy atom. The average molecular weight is 542 g/mol. The number of rotatable bonds is 6. The molecule has 0 spiro atoms. The van der Waals surface area contributed by atoms with Gasteiger partial charge in [0.05, 0.1) is 18.8 Å². The zero-order valence-corrected chi connectivity index (χ0v) is 23.5. The van der Waals surface area contributed by atoms with Crippen molar-refractivity contribution in [1.29, 1.82) is 0 Å². The number of aromatic hydroxyl groups is 1. The predicted molar refractivity (Wildman–Crippen MR) is 154 cm³/mol. The lowest BCUT2D eigenvalue weighted by atomic mass is 9.55. The highest BCUT2D eigenvalue weighted by molar-refractivity contribution is 5.91. The summed E-state index contributed by atoms with van der Waals surface area (Å²) in [6, 6.07) is 20.1. The summed E-state index contributed by atoms with van der Waals surface area (Å²) in [5, 5.41) is 26.1. The van der Waals surface area contributed by atoms with Gasteiger partial charge in [0.25, 0.3) is 0 Å². The summed E-state index contributed by atoms with van der Waals surface area (Å²) in [7, 11) is 1.72. The van der Waals surface area contributed by atoms with E-state index in [2.05, 4.69) is 30.4 Å². The van der Waals surface area contributed by atoms with Crippen molar-refractivity contribution in [1.82, 2.24) is 5.32 Å². The standard InChI is InChI=1S/C34H39NO5/c1-20(25-13-11-24(18-31(25)36)40-33(38)21-7-5-4-6-8-21)35-30-19-29-28-12-9-22-17-23(39-3)10-14-26(22)27(28)15-16-34(29,2)32(30)37/h4-8,10-11,13-14,17-18,20,27-30,32,35-37H,9,12,15-16,19H2,1-3H3/t20?,27?,28?,29?,30-,32+,34+/m1/s1. The van der Waals surface area contributed by atoms with Gasteiger partial charge in [-0.2, -0.15) is 0 Å². The van der Waals surface area contributed by atoms with Crippen LogP contribution in [0, 0.1) is 17.3 Å². The number of aliphatic hydroxyl groups excluding tert-OH is 1. The van der Waals surface area contributed by atoms with Crippen LogP contribution in [0.1, 0.15) is 78.5 Å². The third-order valence-electron chi connectivity index (χ3n) is 10.1. The monoisotopic (exact) mass is 541 g/mol. The highest BCUT2D eigenvalue weighted by Crippen LogP contribution is 2.61. The number of esters is 1. The van der Waals surface area contributed by atoms with Crippen LogP contribution in [0.2, 0.25) is 0 Å². The lowest BCUT2D eigenvalue weighted by Gasteiger charge is -2.50. The van der Waals surface area contributed by atoms with Crippen molar-refractivity contribution >= 4 is 5.97 Å². The second kappa shape index (κ2) is 10.6. The minimum absolute atomic E-state index is 0.0593. The van der Waals surface area contributed by atoms with Crippen molar-refractivity contribution in [2.24, 2.45) is 17.3 Å². The number of aliphatic hydroxyl groups is 1. The van der Waals surface area contributed by atoms with Crippen LogP contribution < -0.4 is 14.8 Å². The fraction of sp³-hybridized carbons (Fsp3) is 0.441. The zero-order valence-electron chi connectivity index (χ0n) is 23.5. The number of aryl methyl sites for hydroxylation is 1. The van der Waals surface area contributed by atoms with Crippen molar-refractivity contribution in [2.45, 2.75) is 70.1 Å². The molecule has 0 heterocycles. The maximum absolute atomic E-state index is 12.4. The second-order valence-electron chi connectivity index (χ2n) is 12.2. The third kappa shape index (κ3) is 4.67. The first kappa shape index (κ1) is 26.9. The molecule has 6 heteroatoms. The lowest BCUT2D eigenvalue weighted by molar-refractivity contribution is -0.0286. The molecule has 40 heavy (non-hydrogen) atoms. The molecular weight excluding hydrogens is 502 g/mol. The molecule has 0 bridgehead atoms. The highest BCUT2D eigenvalue weighted by atomic mass is 16.5. The van der Waals surface area contributed by atoms with Gasteiger partial charge in [-0.05, 0) is 104 Å². The van der Waals surface area contributed by atoms with Gasteiger partial charge in [0.1, 0.15) is 17.2 Å². The predicted octanol–water partition coefficient (Wildman–Crippen LogP) is 6.17. The highest BCUT2D eigenvalue weighted by Gasteiger charge is 2.58. The quantitative estimate of drug-likeness (QED) is 0.256. The van der Waals surface area contributed by atoms with Crippen molar-refractivity contribution in [3.8, 4) is 17.2 Å². The van der Waals surface area contributed by atoms with Crippen LogP contribution in [0.4, 0.5) is 0 Å². The smallest absolute Gasteiger partial charge is 0.343 e. The molecule has 3 aromatic rings. The van der Waals surface area contributed by atoms with E-state index >= 15 is 0 Å². The van der Waals surface area contributed by atoms with E-state index in [0.717, 1.165) is 37.9 Å². The molecule has 210 valence electrons. The number of carbonyl (C=O) groups is 1. The summed E-state index contributed by atoms with van der Waals surface area (Å²) in [5.74, 6) is 2.35. The third-order valence-corrected chi connectivity index (χ3v) is 10.1. The molecule has 3 aliphatic carbocycles. The zero-order chi connectivity index (χ0) is 28.0. The molecule has 2 fully saturated rings. The van der Waals surface area contributed by atoms with E-state index in [-0.39, 0.29) is 23.2 Å². The van der Waals surface area contributed by atoms with Gasteiger partial charge in [-0.3, -0.25) is 0 Å². The molecule has 7 atom stereocenters. The maximum Gasteiger partial charge on any atom is 0.343 e. The molecule has 4 unspecified atom stereocenters. The van der Waals surface area contributed by atoms with Crippen LogP contribution in [0.5, 0.6) is 17.2 Å². The van der Waals surface area contributed by atoms with E-state index in [1.165, 1.54) is 17.2 Å². The van der Waals surface area contributed by atoms with E-state index in [4.69, 9.17) is 9.47 Å². The Kier molecular flexibility index (Phi) is 7.09. The van der Waals surface area contributed by atoms with Crippen molar-refractivity contribution in [3.63, 3.8) is 0 Å². The molecule has 2 saturated carbocycles. The van der Waals surface area contributed by atoms with Gasteiger partial charge in [-0.25, -0.2) is 4.79 Å². The van der Waals surface area contributed by atoms with Gasteiger partial charge in [-0.1, -0.05) is 37.3 Å². The molecule has 0 saturated heterocycles. The minimum atomic E-state index is -0.466. The number of ether oxygens (including phenoxy) is 2. The van der Waals surface area contributed by atoms with Crippen LogP contribution in [0.25, 0.3) is 0 Å². The van der Waals surface area contributed by atoms with E-state index in [9.17, 15) is 15.0 Å². The molecule has 3 aliphatic rings. The Morgan fingerprint density at radius 1 is 1.05 bits per heavy atom. The number of hydrogen-bond acceptors (Lipinski definition) is 6. The largest absolute Gasteiger partial charge is 0.507 e. The minimum Gasteiger partial charge on any atom is -0.507 e. The summed E-state index contributed by atoms with van der Waals surface area (Å²) in [4.78, 5) is 12.4. The first-order valence-corrected chi connectivity index (χ1v) is 14.5. The summed E-state index contributed by atoms with van der Waals surface area (Å²) >= 11 is 0. The number of nitrogens with one attached hydrogen (secondary N) is 1. The Labute approximate surface area is 236 Å². The SMILES string of the molecule is COc1ccc2c(c1)CCC1C2CC[C@@]2(C)C1C[C@@H](NC(C)c1ccc(OC(=O)c3ccccc3)cc1O)[C@@H]2O. The number of methoxy groups -OCH3 is 1. The number of fused-ring (bicyclic) bond motifs is 5.